The lowest BCUT2D eigenvalue weighted by Crippen LogP contribution is -2.11. The van der Waals surface area contributed by atoms with Crippen LogP contribution >= 0.6 is 11.6 Å². The van der Waals surface area contributed by atoms with Gasteiger partial charge in [0.1, 0.15) is 0 Å². The van der Waals surface area contributed by atoms with Crippen LogP contribution in [0.4, 0.5) is 0 Å². The molecule has 0 aliphatic rings. The third-order valence-electron chi connectivity index (χ3n) is 0.996. The summed E-state index contributed by atoms with van der Waals surface area (Å²) in [5.74, 6) is 0.0403. The van der Waals surface area contributed by atoms with Crippen LogP contribution < -0.4 is 0 Å². The Kier molecular flexibility index (Phi) is 4.72. The van der Waals surface area contributed by atoms with Crippen LogP contribution in [0.15, 0.2) is 0 Å². The largest absolute Gasteiger partial charge is 0.384 e. The lowest BCUT2D eigenvalue weighted by Gasteiger charge is -1.99. The summed E-state index contributed by atoms with van der Waals surface area (Å²) in [7, 11) is 1.56. The van der Waals surface area contributed by atoms with Gasteiger partial charge in [0.15, 0.2) is 5.78 Å². The van der Waals surface area contributed by atoms with Crippen molar-refractivity contribution in [2.45, 2.75) is 18.7 Å². The molecule has 0 bridgehead atoms. The van der Waals surface area contributed by atoms with Gasteiger partial charge in [-0.05, 0) is 6.92 Å². The minimum absolute atomic E-state index is 0.0403. The van der Waals surface area contributed by atoms with E-state index in [1.54, 1.807) is 14.0 Å². The van der Waals surface area contributed by atoms with Gasteiger partial charge in [0.25, 0.3) is 0 Å². The second-order valence-electron chi connectivity index (χ2n) is 1.83. The molecule has 2 nitrogen and oxygen atoms in total. The minimum atomic E-state index is -0.375. The van der Waals surface area contributed by atoms with E-state index in [2.05, 4.69) is 4.74 Å². The first-order valence-corrected chi connectivity index (χ1v) is 3.28. The molecule has 0 spiro atoms. The predicted octanol–water partition coefficient (Wildman–Crippen LogP) is 1.22. The van der Waals surface area contributed by atoms with E-state index in [4.69, 9.17) is 11.6 Å². The molecule has 0 fully saturated rings. The van der Waals surface area contributed by atoms with Gasteiger partial charge in [-0.2, -0.15) is 0 Å². The highest BCUT2D eigenvalue weighted by Crippen LogP contribution is 1.98. The number of hydrogen-bond donors (Lipinski definition) is 0. The van der Waals surface area contributed by atoms with Gasteiger partial charge in [0, 0.05) is 13.5 Å². The minimum Gasteiger partial charge on any atom is -0.384 e. The van der Waals surface area contributed by atoms with Crippen molar-refractivity contribution in [2.24, 2.45) is 0 Å². The molecular formula is C6H11ClO2. The lowest BCUT2D eigenvalue weighted by molar-refractivity contribution is -0.119. The van der Waals surface area contributed by atoms with Crippen LogP contribution in [-0.2, 0) is 9.53 Å². The monoisotopic (exact) mass is 150 g/mol. The second-order valence-corrected chi connectivity index (χ2v) is 2.48. The Hall–Kier alpha value is -0.0800. The summed E-state index contributed by atoms with van der Waals surface area (Å²) in [5.41, 5.74) is 0. The first-order valence-electron chi connectivity index (χ1n) is 2.84. The highest BCUT2D eigenvalue weighted by molar-refractivity contribution is 6.30. The molecule has 3 heteroatoms. The van der Waals surface area contributed by atoms with E-state index in [0.29, 0.717) is 13.0 Å². The second kappa shape index (κ2) is 4.77. The first kappa shape index (κ1) is 8.92. The Morgan fingerprint density at radius 1 is 1.78 bits per heavy atom. The number of ketones is 1. The lowest BCUT2D eigenvalue weighted by atomic mass is 10.2. The Morgan fingerprint density at radius 2 is 2.33 bits per heavy atom. The smallest absolute Gasteiger partial charge is 0.152 e. The van der Waals surface area contributed by atoms with Crippen LogP contribution in [0.5, 0.6) is 0 Å². The van der Waals surface area contributed by atoms with Gasteiger partial charge < -0.3 is 4.74 Å². The van der Waals surface area contributed by atoms with Crippen LogP contribution in [0.3, 0.4) is 0 Å². The number of rotatable bonds is 4. The highest BCUT2D eigenvalue weighted by atomic mass is 35.5. The summed E-state index contributed by atoms with van der Waals surface area (Å²) >= 11 is 5.46. The van der Waals surface area contributed by atoms with E-state index in [0.717, 1.165) is 0 Å². The Balaban J connectivity index is 3.28. The van der Waals surface area contributed by atoms with Crippen molar-refractivity contribution in [1.82, 2.24) is 0 Å². The summed E-state index contributed by atoms with van der Waals surface area (Å²) in [5, 5.41) is -0.375. The molecule has 0 saturated carbocycles. The molecule has 0 radical (unpaired) electrons. The van der Waals surface area contributed by atoms with Crippen LogP contribution in [0.2, 0.25) is 0 Å². The van der Waals surface area contributed by atoms with E-state index < -0.39 is 0 Å². The molecule has 0 rings (SSSR count). The van der Waals surface area contributed by atoms with Gasteiger partial charge in [0.2, 0.25) is 0 Å². The predicted molar refractivity (Wildman–Crippen MR) is 36.8 cm³/mol. The van der Waals surface area contributed by atoms with Crippen molar-refractivity contribution in [2.75, 3.05) is 13.7 Å². The van der Waals surface area contributed by atoms with Gasteiger partial charge in [0.05, 0.1) is 12.0 Å². The molecule has 1 atom stereocenters. The quantitative estimate of drug-likeness (QED) is 0.564. The standard InChI is InChI=1S/C6H11ClO2/c1-5(7)6(8)3-4-9-2/h5H,3-4H2,1-2H3. The van der Waals surface area contributed by atoms with Gasteiger partial charge in [-0.15, -0.1) is 11.6 Å². The fourth-order valence-electron chi connectivity index (χ4n) is 0.402. The SMILES string of the molecule is COCCC(=O)C(C)Cl. The summed E-state index contributed by atoms with van der Waals surface area (Å²) < 4.78 is 4.68. The van der Waals surface area contributed by atoms with Crippen LogP contribution in [0.25, 0.3) is 0 Å². The molecule has 0 N–H and O–H groups in total. The number of carbonyl (C=O) groups excluding carboxylic acids is 1. The fourth-order valence-corrected chi connectivity index (χ4v) is 0.511. The van der Waals surface area contributed by atoms with Gasteiger partial charge in [-0.3, -0.25) is 4.79 Å². The number of alkyl halides is 1. The Bertz CT molecular complexity index is 91.1. The molecule has 0 aromatic carbocycles. The maximum atomic E-state index is 10.7. The molecule has 0 amide bonds. The van der Waals surface area contributed by atoms with Gasteiger partial charge in [-0.1, -0.05) is 0 Å². The van der Waals surface area contributed by atoms with E-state index in [1.807, 2.05) is 0 Å². The maximum Gasteiger partial charge on any atom is 0.152 e. The normalized spacial score (nSPS) is 13.2. The van der Waals surface area contributed by atoms with E-state index in [1.165, 1.54) is 0 Å². The van der Waals surface area contributed by atoms with Crippen molar-refractivity contribution >= 4 is 17.4 Å². The van der Waals surface area contributed by atoms with Crippen molar-refractivity contribution in [3.8, 4) is 0 Å². The maximum absolute atomic E-state index is 10.7. The third kappa shape index (κ3) is 4.43. The number of hydrogen-bond acceptors (Lipinski definition) is 2. The Morgan fingerprint density at radius 3 is 2.67 bits per heavy atom. The zero-order chi connectivity index (χ0) is 7.28. The summed E-state index contributed by atoms with van der Waals surface area (Å²) in [6, 6.07) is 0. The van der Waals surface area contributed by atoms with Crippen LogP contribution in [0, 0.1) is 0 Å². The van der Waals surface area contributed by atoms with E-state index >= 15 is 0 Å². The van der Waals surface area contributed by atoms with Crippen LogP contribution in [-0.4, -0.2) is 24.9 Å². The van der Waals surface area contributed by atoms with Crippen molar-refractivity contribution < 1.29 is 9.53 Å². The average molecular weight is 151 g/mol. The molecule has 0 aliphatic heterocycles. The molecule has 0 aromatic rings. The molecule has 0 aromatic heterocycles. The number of Topliss-reactive ketones (excluding diaryl/α,β-unsaturated/α-hetero) is 1. The zero-order valence-corrected chi connectivity index (χ0v) is 6.44. The first-order chi connectivity index (χ1) is 4.18. The molecule has 0 saturated heterocycles. The van der Waals surface area contributed by atoms with Crippen molar-refractivity contribution in [1.29, 1.82) is 0 Å². The summed E-state index contributed by atoms with van der Waals surface area (Å²) in [4.78, 5) is 10.7. The van der Waals surface area contributed by atoms with Gasteiger partial charge in [-0.25, -0.2) is 0 Å². The van der Waals surface area contributed by atoms with Crippen molar-refractivity contribution in [3.05, 3.63) is 0 Å². The molecule has 1 unspecified atom stereocenters. The summed E-state index contributed by atoms with van der Waals surface area (Å²) in [6.45, 7) is 2.13. The number of ether oxygens (including phenoxy) is 1. The van der Waals surface area contributed by atoms with Crippen LogP contribution in [0.1, 0.15) is 13.3 Å². The van der Waals surface area contributed by atoms with Crippen molar-refractivity contribution in [3.63, 3.8) is 0 Å². The molecule has 9 heavy (non-hydrogen) atoms. The fraction of sp³-hybridized carbons (Fsp3) is 0.833. The molecule has 0 aliphatic carbocycles. The summed E-state index contributed by atoms with van der Waals surface area (Å²) in [6.07, 6.45) is 0.418. The zero-order valence-electron chi connectivity index (χ0n) is 5.69. The number of halogens is 1. The van der Waals surface area contributed by atoms with E-state index in [-0.39, 0.29) is 11.2 Å². The molecular weight excluding hydrogens is 140 g/mol. The molecule has 54 valence electrons. The number of carbonyl (C=O) groups is 1. The van der Waals surface area contributed by atoms with Gasteiger partial charge >= 0.3 is 0 Å². The topological polar surface area (TPSA) is 26.3 Å². The van der Waals surface area contributed by atoms with E-state index in [9.17, 15) is 4.79 Å². The highest BCUT2D eigenvalue weighted by Gasteiger charge is 2.07. The molecule has 0 heterocycles. The number of methoxy groups -OCH3 is 1. The third-order valence-corrected chi connectivity index (χ3v) is 1.24. The Labute approximate surface area is 60.1 Å². The average Bonchev–Trinajstić information content (AvgIpc) is 1.82.